The number of hydrogen-bond donors (Lipinski definition) is 3. The monoisotopic (exact) mass is 279 g/mol. The van der Waals surface area contributed by atoms with Gasteiger partial charge >= 0.3 is 6.03 Å². The standard InChI is InChI=1S/C15H25N3O2/c1-12(16)13-6-8-14(9-7-13)18-15(19)17-10-4-3-5-11-20-2/h6-9,12H,3-5,10-11,16H2,1-2H3,(H2,17,18,19). The summed E-state index contributed by atoms with van der Waals surface area (Å²) in [5, 5.41) is 5.62. The predicted molar refractivity (Wildman–Crippen MR) is 81.8 cm³/mol. The molecule has 0 aromatic heterocycles. The zero-order chi connectivity index (χ0) is 14.8. The number of anilines is 1. The summed E-state index contributed by atoms with van der Waals surface area (Å²) < 4.78 is 4.97. The number of nitrogens with two attached hydrogens (primary N) is 1. The van der Waals surface area contributed by atoms with Crippen molar-refractivity contribution in [3.63, 3.8) is 0 Å². The molecular formula is C15H25N3O2. The van der Waals surface area contributed by atoms with Crippen LogP contribution in [-0.4, -0.2) is 26.3 Å². The van der Waals surface area contributed by atoms with Crippen LogP contribution in [0, 0.1) is 0 Å². The minimum atomic E-state index is -0.176. The van der Waals surface area contributed by atoms with Gasteiger partial charge in [0.2, 0.25) is 0 Å². The molecule has 0 aliphatic heterocycles. The largest absolute Gasteiger partial charge is 0.385 e. The van der Waals surface area contributed by atoms with Gasteiger partial charge in [-0.3, -0.25) is 0 Å². The molecule has 1 unspecified atom stereocenters. The first kappa shape index (κ1) is 16.5. The Balaban J connectivity index is 2.21. The van der Waals surface area contributed by atoms with Crippen molar-refractivity contribution in [3.8, 4) is 0 Å². The molecule has 0 saturated carbocycles. The van der Waals surface area contributed by atoms with Crippen LogP contribution in [0.25, 0.3) is 0 Å². The number of carbonyl (C=O) groups is 1. The van der Waals surface area contributed by atoms with Crippen LogP contribution in [-0.2, 0) is 4.74 Å². The van der Waals surface area contributed by atoms with Gasteiger partial charge in [0.15, 0.2) is 0 Å². The van der Waals surface area contributed by atoms with Crippen LogP contribution < -0.4 is 16.4 Å². The van der Waals surface area contributed by atoms with E-state index in [0.717, 1.165) is 37.1 Å². The molecule has 0 fully saturated rings. The molecule has 0 bridgehead atoms. The van der Waals surface area contributed by atoms with Gasteiger partial charge in [-0.1, -0.05) is 12.1 Å². The smallest absolute Gasteiger partial charge is 0.319 e. The maximum Gasteiger partial charge on any atom is 0.319 e. The minimum Gasteiger partial charge on any atom is -0.385 e. The molecule has 0 heterocycles. The SMILES string of the molecule is COCCCCCNC(=O)Nc1ccc(C(C)N)cc1. The summed E-state index contributed by atoms with van der Waals surface area (Å²) in [6.07, 6.45) is 3.04. The van der Waals surface area contributed by atoms with Crippen molar-refractivity contribution in [2.24, 2.45) is 5.73 Å². The number of amides is 2. The number of unbranched alkanes of at least 4 members (excludes halogenated alkanes) is 2. The predicted octanol–water partition coefficient (Wildman–Crippen LogP) is 2.64. The number of rotatable bonds is 8. The van der Waals surface area contributed by atoms with Gasteiger partial charge in [-0.15, -0.1) is 0 Å². The van der Waals surface area contributed by atoms with E-state index in [1.807, 2.05) is 31.2 Å². The van der Waals surface area contributed by atoms with E-state index in [1.54, 1.807) is 7.11 Å². The fourth-order valence-corrected chi connectivity index (χ4v) is 1.80. The molecule has 2 amide bonds. The Kier molecular flexibility index (Phi) is 7.69. The lowest BCUT2D eigenvalue weighted by molar-refractivity contribution is 0.192. The molecule has 0 radical (unpaired) electrons. The van der Waals surface area contributed by atoms with E-state index in [-0.39, 0.29) is 12.1 Å². The summed E-state index contributed by atoms with van der Waals surface area (Å²) in [5.41, 5.74) is 7.59. The summed E-state index contributed by atoms with van der Waals surface area (Å²) in [7, 11) is 1.70. The number of benzene rings is 1. The van der Waals surface area contributed by atoms with Crippen LogP contribution in [0.4, 0.5) is 10.5 Å². The molecule has 1 rings (SSSR count). The molecular weight excluding hydrogens is 254 g/mol. The molecule has 0 aliphatic carbocycles. The van der Waals surface area contributed by atoms with Crippen LogP contribution in [0.2, 0.25) is 0 Å². The van der Waals surface area contributed by atoms with Gasteiger partial charge < -0.3 is 21.1 Å². The quantitative estimate of drug-likeness (QED) is 0.640. The highest BCUT2D eigenvalue weighted by Gasteiger charge is 2.02. The highest BCUT2D eigenvalue weighted by atomic mass is 16.5. The highest BCUT2D eigenvalue weighted by Crippen LogP contribution is 2.13. The van der Waals surface area contributed by atoms with Gasteiger partial charge in [-0.25, -0.2) is 4.79 Å². The Morgan fingerprint density at radius 3 is 2.55 bits per heavy atom. The van der Waals surface area contributed by atoms with Crippen molar-refractivity contribution in [3.05, 3.63) is 29.8 Å². The normalized spacial score (nSPS) is 11.9. The summed E-state index contributed by atoms with van der Waals surface area (Å²) >= 11 is 0. The van der Waals surface area contributed by atoms with Gasteiger partial charge in [-0.05, 0) is 43.9 Å². The maximum atomic E-state index is 11.6. The molecule has 1 atom stereocenters. The summed E-state index contributed by atoms with van der Waals surface area (Å²) in [5.74, 6) is 0. The second-order valence-corrected chi connectivity index (χ2v) is 4.85. The number of nitrogens with one attached hydrogen (secondary N) is 2. The van der Waals surface area contributed by atoms with E-state index in [4.69, 9.17) is 10.5 Å². The Morgan fingerprint density at radius 1 is 1.25 bits per heavy atom. The van der Waals surface area contributed by atoms with E-state index >= 15 is 0 Å². The molecule has 4 N–H and O–H groups in total. The van der Waals surface area contributed by atoms with E-state index in [2.05, 4.69) is 10.6 Å². The number of hydrogen-bond acceptors (Lipinski definition) is 3. The van der Waals surface area contributed by atoms with Gasteiger partial charge in [0.05, 0.1) is 0 Å². The lowest BCUT2D eigenvalue weighted by Crippen LogP contribution is -2.29. The third-order valence-electron chi connectivity index (χ3n) is 3.01. The highest BCUT2D eigenvalue weighted by molar-refractivity contribution is 5.89. The third kappa shape index (κ3) is 6.54. The third-order valence-corrected chi connectivity index (χ3v) is 3.01. The molecule has 20 heavy (non-hydrogen) atoms. The molecule has 5 nitrogen and oxygen atoms in total. The van der Waals surface area contributed by atoms with E-state index < -0.39 is 0 Å². The summed E-state index contributed by atoms with van der Waals surface area (Å²) in [6.45, 7) is 3.38. The van der Waals surface area contributed by atoms with Crippen molar-refractivity contribution in [1.82, 2.24) is 5.32 Å². The Bertz CT molecular complexity index is 391. The molecule has 112 valence electrons. The molecule has 1 aromatic rings. The lowest BCUT2D eigenvalue weighted by atomic mass is 10.1. The van der Waals surface area contributed by atoms with Crippen LogP contribution in [0.15, 0.2) is 24.3 Å². The second kappa shape index (κ2) is 9.34. The molecule has 0 spiro atoms. The van der Waals surface area contributed by atoms with Crippen LogP contribution in [0.5, 0.6) is 0 Å². The van der Waals surface area contributed by atoms with Gasteiger partial charge in [0.25, 0.3) is 0 Å². The van der Waals surface area contributed by atoms with Crippen LogP contribution in [0.1, 0.15) is 37.8 Å². The first-order chi connectivity index (χ1) is 9.63. The Hall–Kier alpha value is -1.59. The minimum absolute atomic E-state index is 0.00461. The average molecular weight is 279 g/mol. The molecule has 0 saturated heterocycles. The Morgan fingerprint density at radius 2 is 1.95 bits per heavy atom. The van der Waals surface area contributed by atoms with Gasteiger partial charge in [0.1, 0.15) is 0 Å². The van der Waals surface area contributed by atoms with Crippen molar-refractivity contribution < 1.29 is 9.53 Å². The lowest BCUT2D eigenvalue weighted by Gasteiger charge is -2.09. The molecule has 5 heteroatoms. The number of carbonyl (C=O) groups excluding carboxylic acids is 1. The van der Waals surface area contributed by atoms with Crippen molar-refractivity contribution in [2.45, 2.75) is 32.2 Å². The molecule has 0 aliphatic rings. The average Bonchev–Trinajstić information content (AvgIpc) is 2.43. The topological polar surface area (TPSA) is 76.4 Å². The summed E-state index contributed by atoms with van der Waals surface area (Å²) in [4.78, 5) is 11.6. The van der Waals surface area contributed by atoms with Gasteiger partial charge in [-0.2, -0.15) is 0 Å². The van der Waals surface area contributed by atoms with Crippen LogP contribution in [0.3, 0.4) is 0 Å². The maximum absolute atomic E-state index is 11.6. The van der Waals surface area contributed by atoms with Gasteiger partial charge in [0, 0.05) is 32.0 Å². The van der Waals surface area contributed by atoms with Crippen molar-refractivity contribution >= 4 is 11.7 Å². The fourth-order valence-electron chi connectivity index (χ4n) is 1.80. The Labute approximate surface area is 120 Å². The van der Waals surface area contributed by atoms with E-state index in [9.17, 15) is 4.79 Å². The first-order valence-electron chi connectivity index (χ1n) is 7.03. The number of methoxy groups -OCH3 is 1. The number of ether oxygens (including phenoxy) is 1. The van der Waals surface area contributed by atoms with Crippen molar-refractivity contribution in [1.29, 1.82) is 0 Å². The van der Waals surface area contributed by atoms with E-state index in [1.165, 1.54) is 0 Å². The molecule has 1 aromatic carbocycles. The zero-order valence-electron chi connectivity index (χ0n) is 12.3. The first-order valence-corrected chi connectivity index (χ1v) is 7.03. The summed E-state index contributed by atoms with van der Waals surface area (Å²) in [6, 6.07) is 7.39. The van der Waals surface area contributed by atoms with Crippen molar-refractivity contribution in [2.75, 3.05) is 25.6 Å². The van der Waals surface area contributed by atoms with E-state index in [0.29, 0.717) is 6.54 Å². The number of urea groups is 1. The second-order valence-electron chi connectivity index (χ2n) is 4.85. The fraction of sp³-hybridized carbons (Fsp3) is 0.533. The zero-order valence-corrected chi connectivity index (χ0v) is 12.3. The van der Waals surface area contributed by atoms with Crippen LogP contribution >= 0.6 is 0 Å².